The zero-order valence-corrected chi connectivity index (χ0v) is 14.3. The van der Waals surface area contributed by atoms with Gasteiger partial charge in [0.05, 0.1) is 11.8 Å². The van der Waals surface area contributed by atoms with Crippen molar-refractivity contribution in [3.63, 3.8) is 0 Å². The van der Waals surface area contributed by atoms with Crippen LogP contribution in [0.15, 0.2) is 0 Å². The maximum Gasteiger partial charge on any atom is 0.307 e. The van der Waals surface area contributed by atoms with E-state index in [4.69, 9.17) is 5.11 Å². The number of carbonyl (C=O) groups excluding carboxylic acids is 2. The molecular weight excluding hydrogens is 308 g/mol. The van der Waals surface area contributed by atoms with Gasteiger partial charge in [0.2, 0.25) is 11.8 Å². The van der Waals surface area contributed by atoms with Crippen molar-refractivity contribution in [1.29, 1.82) is 0 Å². The van der Waals surface area contributed by atoms with Gasteiger partial charge < -0.3 is 14.9 Å². The maximum atomic E-state index is 12.6. The second-order valence-corrected chi connectivity index (χ2v) is 7.54. The van der Waals surface area contributed by atoms with E-state index in [9.17, 15) is 14.4 Å². The molecule has 1 N–H and O–H groups in total. The molecule has 2 aliphatic carbocycles. The molecule has 3 fully saturated rings. The van der Waals surface area contributed by atoms with E-state index in [2.05, 4.69) is 0 Å². The Bertz CT molecular complexity index is 501. The van der Waals surface area contributed by atoms with Gasteiger partial charge in [-0.05, 0) is 38.0 Å². The quantitative estimate of drug-likeness (QED) is 0.848. The van der Waals surface area contributed by atoms with Crippen LogP contribution in [0.25, 0.3) is 0 Å². The summed E-state index contributed by atoms with van der Waals surface area (Å²) in [4.78, 5) is 39.8. The molecule has 3 rings (SSSR count). The summed E-state index contributed by atoms with van der Waals surface area (Å²) in [6.07, 6.45) is 7.54. The van der Waals surface area contributed by atoms with Crippen molar-refractivity contribution < 1.29 is 19.5 Å². The third kappa shape index (κ3) is 3.73. The number of carboxylic acid groups (broad SMARTS) is 1. The van der Waals surface area contributed by atoms with E-state index in [1.807, 2.05) is 4.90 Å². The normalized spacial score (nSPS) is 28.3. The molecule has 1 aliphatic heterocycles. The molecule has 0 aromatic heterocycles. The Morgan fingerprint density at radius 3 is 2.04 bits per heavy atom. The van der Waals surface area contributed by atoms with Crippen molar-refractivity contribution in [3.8, 4) is 0 Å². The van der Waals surface area contributed by atoms with E-state index >= 15 is 0 Å². The van der Waals surface area contributed by atoms with Crippen molar-refractivity contribution in [1.82, 2.24) is 9.80 Å². The zero-order chi connectivity index (χ0) is 17.1. The van der Waals surface area contributed by atoms with Gasteiger partial charge in [-0.2, -0.15) is 0 Å². The van der Waals surface area contributed by atoms with E-state index < -0.39 is 11.9 Å². The highest BCUT2D eigenvalue weighted by atomic mass is 16.4. The molecule has 2 atom stereocenters. The van der Waals surface area contributed by atoms with Gasteiger partial charge >= 0.3 is 5.97 Å². The first kappa shape index (κ1) is 17.2. The van der Waals surface area contributed by atoms with Crippen molar-refractivity contribution in [3.05, 3.63) is 0 Å². The van der Waals surface area contributed by atoms with Crippen LogP contribution < -0.4 is 0 Å². The molecule has 2 saturated carbocycles. The molecule has 0 aromatic rings. The summed E-state index contributed by atoms with van der Waals surface area (Å²) < 4.78 is 0. The zero-order valence-electron chi connectivity index (χ0n) is 14.3. The van der Waals surface area contributed by atoms with E-state index in [0.29, 0.717) is 51.4 Å². The highest BCUT2D eigenvalue weighted by molar-refractivity contribution is 5.86. The average molecular weight is 336 g/mol. The minimum absolute atomic E-state index is 0.0289. The SMILES string of the molecule is O=C(O)C1CCC1C(=O)N1CCCN(C(=O)CC2CCCC2)CC1. The molecule has 24 heavy (non-hydrogen) atoms. The lowest BCUT2D eigenvalue weighted by Gasteiger charge is -2.36. The number of rotatable bonds is 4. The Morgan fingerprint density at radius 2 is 1.42 bits per heavy atom. The Morgan fingerprint density at radius 1 is 0.792 bits per heavy atom. The van der Waals surface area contributed by atoms with Gasteiger partial charge in [0.1, 0.15) is 0 Å². The first-order valence-electron chi connectivity index (χ1n) is 9.35. The Hall–Kier alpha value is -1.59. The van der Waals surface area contributed by atoms with Gasteiger partial charge in [-0.15, -0.1) is 0 Å². The number of carbonyl (C=O) groups is 3. The molecule has 3 aliphatic rings. The number of hydrogen-bond donors (Lipinski definition) is 1. The molecule has 2 amide bonds. The Kier molecular flexibility index (Phi) is 5.41. The highest BCUT2D eigenvalue weighted by Gasteiger charge is 2.43. The van der Waals surface area contributed by atoms with Crippen LogP contribution in [0.2, 0.25) is 0 Å². The van der Waals surface area contributed by atoms with Crippen LogP contribution in [-0.4, -0.2) is 58.9 Å². The smallest absolute Gasteiger partial charge is 0.307 e. The minimum Gasteiger partial charge on any atom is -0.481 e. The first-order valence-corrected chi connectivity index (χ1v) is 9.35. The third-order valence-corrected chi connectivity index (χ3v) is 6.01. The lowest BCUT2D eigenvalue weighted by Crippen LogP contribution is -2.47. The summed E-state index contributed by atoms with van der Waals surface area (Å²) in [6, 6.07) is 0. The molecule has 0 radical (unpaired) electrons. The molecule has 0 bridgehead atoms. The number of nitrogens with zero attached hydrogens (tertiary/aromatic N) is 2. The van der Waals surface area contributed by atoms with Gasteiger partial charge in [-0.1, -0.05) is 12.8 Å². The van der Waals surface area contributed by atoms with Crippen molar-refractivity contribution in [2.75, 3.05) is 26.2 Å². The van der Waals surface area contributed by atoms with Crippen LogP contribution in [0.3, 0.4) is 0 Å². The topological polar surface area (TPSA) is 77.9 Å². The summed E-state index contributed by atoms with van der Waals surface area (Å²) in [6.45, 7) is 2.47. The lowest BCUT2D eigenvalue weighted by atomic mass is 9.73. The standard InChI is InChI=1S/C18H28N2O4/c21-16(12-13-4-1-2-5-13)19-8-3-9-20(11-10-19)17(22)14-6-7-15(14)18(23)24/h13-15H,1-12H2,(H,23,24). The van der Waals surface area contributed by atoms with Gasteiger partial charge in [-0.3, -0.25) is 14.4 Å². The fourth-order valence-electron chi connectivity index (χ4n) is 4.30. The van der Waals surface area contributed by atoms with Crippen LogP contribution >= 0.6 is 0 Å². The third-order valence-electron chi connectivity index (χ3n) is 6.01. The maximum absolute atomic E-state index is 12.6. The van der Waals surface area contributed by atoms with E-state index in [-0.39, 0.29) is 17.7 Å². The van der Waals surface area contributed by atoms with Crippen LogP contribution in [0.1, 0.15) is 51.4 Å². The van der Waals surface area contributed by atoms with Crippen molar-refractivity contribution in [2.24, 2.45) is 17.8 Å². The van der Waals surface area contributed by atoms with E-state index in [0.717, 1.165) is 6.42 Å². The van der Waals surface area contributed by atoms with E-state index in [1.165, 1.54) is 25.7 Å². The fraction of sp³-hybridized carbons (Fsp3) is 0.833. The molecule has 6 nitrogen and oxygen atoms in total. The number of carboxylic acids is 1. The predicted octanol–water partition coefficient (Wildman–Crippen LogP) is 1.74. The van der Waals surface area contributed by atoms with Gasteiger partial charge in [0.25, 0.3) is 0 Å². The summed E-state index contributed by atoms with van der Waals surface area (Å²) in [7, 11) is 0. The number of hydrogen-bond acceptors (Lipinski definition) is 3. The van der Waals surface area contributed by atoms with Crippen LogP contribution in [0.5, 0.6) is 0 Å². The molecule has 0 aromatic carbocycles. The average Bonchev–Trinajstić information content (AvgIpc) is 2.86. The molecular formula is C18H28N2O4. The monoisotopic (exact) mass is 336 g/mol. The fourth-order valence-corrected chi connectivity index (χ4v) is 4.30. The second-order valence-electron chi connectivity index (χ2n) is 7.54. The van der Waals surface area contributed by atoms with Gasteiger partial charge in [0, 0.05) is 32.6 Å². The predicted molar refractivity (Wildman–Crippen MR) is 88.2 cm³/mol. The van der Waals surface area contributed by atoms with E-state index in [1.54, 1.807) is 4.90 Å². The highest BCUT2D eigenvalue weighted by Crippen LogP contribution is 2.36. The minimum atomic E-state index is -0.859. The molecule has 1 saturated heterocycles. The summed E-state index contributed by atoms with van der Waals surface area (Å²) in [5.74, 6) is -0.987. The number of amides is 2. The largest absolute Gasteiger partial charge is 0.481 e. The molecule has 1 heterocycles. The lowest BCUT2D eigenvalue weighted by molar-refractivity contribution is -0.156. The number of aliphatic carboxylic acids is 1. The Labute approximate surface area is 143 Å². The summed E-state index contributed by atoms with van der Waals surface area (Å²) >= 11 is 0. The van der Waals surface area contributed by atoms with Crippen LogP contribution in [0, 0.1) is 17.8 Å². The van der Waals surface area contributed by atoms with Gasteiger partial charge in [-0.25, -0.2) is 0 Å². The van der Waals surface area contributed by atoms with Gasteiger partial charge in [0.15, 0.2) is 0 Å². The summed E-state index contributed by atoms with van der Waals surface area (Å²) in [5, 5.41) is 9.13. The van der Waals surface area contributed by atoms with Crippen molar-refractivity contribution in [2.45, 2.75) is 51.4 Å². The molecule has 134 valence electrons. The van der Waals surface area contributed by atoms with Crippen LogP contribution in [0.4, 0.5) is 0 Å². The first-order chi connectivity index (χ1) is 11.6. The molecule has 0 spiro atoms. The van der Waals surface area contributed by atoms with Crippen molar-refractivity contribution >= 4 is 17.8 Å². The molecule has 6 heteroatoms. The second kappa shape index (κ2) is 7.53. The molecule has 2 unspecified atom stereocenters. The summed E-state index contributed by atoms with van der Waals surface area (Å²) in [5.41, 5.74) is 0. The van der Waals surface area contributed by atoms with Crippen LogP contribution in [-0.2, 0) is 14.4 Å². The Balaban J connectivity index is 1.50.